The van der Waals surface area contributed by atoms with Crippen molar-refractivity contribution in [1.82, 2.24) is 0 Å². The standard InChI is InChI=1S/C37H67O8P/c1-3-5-7-9-11-13-15-17-18-20-21-23-25-27-29-31-36(38)43-33-35(34-44-46(40,41)42)45-37(39)32-30-28-26-24-22-19-16-14-12-10-8-6-4-2/h5,7,11,13,17-18,35H,3-4,6,8-10,12,14-16,19-34H2,1-2H3,(H2,40,41,42)/p-2/b7-5-,13-11-,18-17-/t35-/m1/s1. The van der Waals surface area contributed by atoms with Crippen molar-refractivity contribution in [2.75, 3.05) is 13.2 Å². The first-order valence-electron chi connectivity index (χ1n) is 18.2. The number of hydrogen-bond donors (Lipinski definition) is 0. The molecule has 0 aromatic rings. The Morgan fingerprint density at radius 3 is 1.57 bits per heavy atom. The molecule has 0 rings (SSSR count). The van der Waals surface area contributed by atoms with E-state index in [9.17, 15) is 23.9 Å². The van der Waals surface area contributed by atoms with Crippen LogP contribution in [0.4, 0.5) is 0 Å². The normalized spacial score (nSPS) is 12.9. The molecule has 0 aromatic heterocycles. The first kappa shape index (κ1) is 44.3. The Kier molecular flexibility index (Phi) is 31.9. The molecule has 0 fully saturated rings. The van der Waals surface area contributed by atoms with Gasteiger partial charge in [-0.3, -0.25) is 9.59 Å². The van der Waals surface area contributed by atoms with Crippen LogP contribution in [-0.2, 0) is 28.2 Å². The molecule has 1 atom stereocenters. The first-order chi connectivity index (χ1) is 22.3. The summed E-state index contributed by atoms with van der Waals surface area (Å²) in [6, 6.07) is 0. The van der Waals surface area contributed by atoms with Crippen molar-refractivity contribution in [3.8, 4) is 0 Å². The maximum Gasteiger partial charge on any atom is 0.306 e. The van der Waals surface area contributed by atoms with Gasteiger partial charge in [0.05, 0.1) is 14.4 Å². The molecule has 0 radical (unpaired) electrons. The van der Waals surface area contributed by atoms with Crippen LogP contribution < -0.4 is 9.79 Å². The quantitative estimate of drug-likeness (QED) is 0.0293. The van der Waals surface area contributed by atoms with Crippen molar-refractivity contribution in [1.29, 1.82) is 0 Å². The van der Waals surface area contributed by atoms with Gasteiger partial charge in [-0.25, -0.2) is 0 Å². The number of unbranched alkanes of at least 4 members (excludes halogenated alkanes) is 17. The molecular formula is C37H65O8P-2. The molecule has 0 aliphatic carbocycles. The van der Waals surface area contributed by atoms with Crippen molar-refractivity contribution < 1.29 is 37.9 Å². The zero-order chi connectivity index (χ0) is 34.0. The maximum atomic E-state index is 12.3. The van der Waals surface area contributed by atoms with E-state index in [0.717, 1.165) is 70.6 Å². The summed E-state index contributed by atoms with van der Waals surface area (Å²) in [5.41, 5.74) is 0. The Bertz CT molecular complexity index is 848. The molecule has 0 aliphatic rings. The fourth-order valence-electron chi connectivity index (χ4n) is 4.97. The summed E-state index contributed by atoms with van der Waals surface area (Å²) in [7, 11) is -5.25. The van der Waals surface area contributed by atoms with E-state index in [2.05, 4.69) is 54.8 Å². The molecule has 0 saturated heterocycles. The molecule has 0 spiro atoms. The molecule has 0 N–H and O–H groups in total. The van der Waals surface area contributed by atoms with E-state index in [0.29, 0.717) is 12.8 Å². The van der Waals surface area contributed by atoms with Crippen LogP contribution in [0.1, 0.15) is 168 Å². The lowest BCUT2D eigenvalue weighted by Gasteiger charge is -2.30. The molecule has 0 bridgehead atoms. The maximum absolute atomic E-state index is 12.3. The van der Waals surface area contributed by atoms with E-state index < -0.39 is 32.5 Å². The van der Waals surface area contributed by atoms with E-state index in [1.165, 1.54) is 57.8 Å². The van der Waals surface area contributed by atoms with Gasteiger partial charge >= 0.3 is 11.9 Å². The van der Waals surface area contributed by atoms with Crippen LogP contribution in [0.3, 0.4) is 0 Å². The van der Waals surface area contributed by atoms with Crippen molar-refractivity contribution in [2.45, 2.75) is 174 Å². The molecule has 9 heteroatoms. The van der Waals surface area contributed by atoms with Gasteiger partial charge in [0.1, 0.15) is 6.61 Å². The summed E-state index contributed by atoms with van der Waals surface area (Å²) in [4.78, 5) is 46.3. The summed E-state index contributed by atoms with van der Waals surface area (Å²) in [6.45, 7) is 3.36. The first-order valence-corrected chi connectivity index (χ1v) is 19.7. The number of carbonyl (C=O) groups excluding carboxylic acids is 2. The van der Waals surface area contributed by atoms with Gasteiger partial charge in [0.15, 0.2) is 6.10 Å². The summed E-state index contributed by atoms with van der Waals surface area (Å²) < 4.78 is 25.7. The molecule has 8 nitrogen and oxygen atoms in total. The predicted octanol–water partition coefficient (Wildman–Crippen LogP) is 9.36. The molecule has 0 aromatic carbocycles. The number of rotatable bonds is 33. The Hall–Kier alpha value is -1.73. The van der Waals surface area contributed by atoms with Gasteiger partial charge < -0.3 is 28.3 Å². The van der Waals surface area contributed by atoms with Crippen LogP contribution in [0.2, 0.25) is 0 Å². The minimum Gasteiger partial charge on any atom is -0.790 e. The number of phosphoric ester groups is 1. The summed E-state index contributed by atoms with van der Waals surface area (Å²) in [5, 5.41) is 0. The highest BCUT2D eigenvalue weighted by molar-refractivity contribution is 7.43. The number of phosphoric acid groups is 1. The molecule has 0 heterocycles. The van der Waals surface area contributed by atoms with Gasteiger partial charge in [-0.05, 0) is 44.9 Å². The van der Waals surface area contributed by atoms with Crippen molar-refractivity contribution >= 4 is 19.8 Å². The largest absolute Gasteiger partial charge is 0.790 e. The Labute approximate surface area is 281 Å². The number of ether oxygens (including phenoxy) is 2. The number of hydrogen-bond acceptors (Lipinski definition) is 8. The van der Waals surface area contributed by atoms with Gasteiger partial charge in [0.2, 0.25) is 0 Å². The fourth-order valence-corrected chi connectivity index (χ4v) is 5.32. The Balaban J connectivity index is 4.00. The average molecular weight is 669 g/mol. The predicted molar refractivity (Wildman–Crippen MR) is 184 cm³/mol. The van der Waals surface area contributed by atoms with Crippen molar-refractivity contribution in [3.63, 3.8) is 0 Å². The SMILES string of the molecule is CC/C=C\C/C=C\C/C=C\CCCCCCCC(=O)OC[C@H](COP(=O)([O-])[O-])OC(=O)CCCCCCCCCCCCCCC. The summed E-state index contributed by atoms with van der Waals surface area (Å²) in [5.74, 6) is -0.975. The van der Waals surface area contributed by atoms with Crippen LogP contribution in [0, 0.1) is 0 Å². The van der Waals surface area contributed by atoms with Crippen LogP contribution in [0.15, 0.2) is 36.5 Å². The second kappa shape index (κ2) is 33.2. The van der Waals surface area contributed by atoms with Crippen molar-refractivity contribution in [3.05, 3.63) is 36.5 Å². The highest BCUT2D eigenvalue weighted by Gasteiger charge is 2.18. The lowest BCUT2D eigenvalue weighted by atomic mass is 10.0. The van der Waals surface area contributed by atoms with Gasteiger partial charge in [-0.1, -0.05) is 147 Å². The van der Waals surface area contributed by atoms with Gasteiger partial charge in [-0.2, -0.15) is 0 Å². The lowest BCUT2D eigenvalue weighted by molar-refractivity contribution is -0.343. The summed E-state index contributed by atoms with van der Waals surface area (Å²) in [6.07, 6.45) is 36.8. The highest BCUT2D eigenvalue weighted by Crippen LogP contribution is 2.25. The van der Waals surface area contributed by atoms with Crippen LogP contribution in [0.25, 0.3) is 0 Å². The molecule has 0 aliphatic heterocycles. The minimum absolute atomic E-state index is 0.179. The van der Waals surface area contributed by atoms with E-state index in [1.807, 2.05) is 0 Å². The Morgan fingerprint density at radius 2 is 1.04 bits per heavy atom. The van der Waals surface area contributed by atoms with Crippen LogP contribution in [0.5, 0.6) is 0 Å². The Morgan fingerprint density at radius 1 is 0.587 bits per heavy atom. The monoisotopic (exact) mass is 668 g/mol. The van der Waals surface area contributed by atoms with Gasteiger partial charge in [0.25, 0.3) is 0 Å². The van der Waals surface area contributed by atoms with Crippen LogP contribution >= 0.6 is 7.82 Å². The number of carbonyl (C=O) groups is 2. The second-order valence-electron chi connectivity index (χ2n) is 12.1. The van der Waals surface area contributed by atoms with E-state index >= 15 is 0 Å². The molecular weight excluding hydrogens is 603 g/mol. The zero-order valence-electron chi connectivity index (χ0n) is 29.1. The van der Waals surface area contributed by atoms with E-state index in [-0.39, 0.29) is 19.4 Å². The number of esters is 2. The average Bonchev–Trinajstić information content (AvgIpc) is 3.02. The minimum atomic E-state index is -5.25. The van der Waals surface area contributed by atoms with E-state index in [4.69, 9.17) is 9.47 Å². The molecule has 0 amide bonds. The third-order valence-electron chi connectivity index (χ3n) is 7.66. The molecule has 0 saturated carbocycles. The molecule has 0 unspecified atom stereocenters. The highest BCUT2D eigenvalue weighted by atomic mass is 31.2. The van der Waals surface area contributed by atoms with Gasteiger partial charge in [-0.15, -0.1) is 0 Å². The van der Waals surface area contributed by atoms with E-state index in [1.54, 1.807) is 0 Å². The van der Waals surface area contributed by atoms with Crippen molar-refractivity contribution in [2.24, 2.45) is 0 Å². The third-order valence-corrected chi connectivity index (χ3v) is 8.13. The lowest BCUT2D eigenvalue weighted by Crippen LogP contribution is -2.31. The third kappa shape index (κ3) is 35.1. The number of allylic oxidation sites excluding steroid dienone is 6. The smallest absolute Gasteiger partial charge is 0.306 e. The van der Waals surface area contributed by atoms with Gasteiger partial charge in [0, 0.05) is 12.8 Å². The molecule has 46 heavy (non-hydrogen) atoms. The second-order valence-corrected chi connectivity index (χ2v) is 13.3. The fraction of sp³-hybridized carbons (Fsp3) is 0.784. The van der Waals surface area contributed by atoms with Crippen LogP contribution in [-0.4, -0.2) is 31.3 Å². The summed E-state index contributed by atoms with van der Waals surface area (Å²) >= 11 is 0. The molecule has 268 valence electrons. The topological polar surface area (TPSA) is 125 Å². The zero-order valence-corrected chi connectivity index (χ0v) is 30.0.